The first-order chi connectivity index (χ1) is 22.4. The number of nitrogens with one attached hydrogen (secondary N) is 2. The molecule has 254 valence electrons. The third-order valence-electron chi connectivity index (χ3n) is 7.09. The monoisotopic (exact) mass is 709 g/mol. The quantitative estimate of drug-likeness (QED) is 0.0751. The van der Waals surface area contributed by atoms with E-state index in [1.54, 1.807) is 25.5 Å². The number of alkyl carbamates (subject to hydrolysis) is 1. The number of rotatable bonds is 13. The molecular formula is C26H35N11O7S3. The van der Waals surface area contributed by atoms with Gasteiger partial charge in [0.25, 0.3) is 11.8 Å². The molecule has 4 heterocycles. The summed E-state index contributed by atoms with van der Waals surface area (Å²) in [5.41, 5.74) is 5.29. The van der Waals surface area contributed by atoms with Crippen LogP contribution < -0.4 is 16.4 Å². The average molecular weight is 710 g/mol. The molecule has 2 aromatic rings. The van der Waals surface area contributed by atoms with Crippen molar-refractivity contribution in [1.82, 2.24) is 45.1 Å². The number of fused-ring (bicyclic) bond motifs is 1. The molecule has 1 saturated heterocycles. The number of carboxylic acid groups (broad SMARTS) is 1. The predicted octanol–water partition coefficient (Wildman–Crippen LogP) is 1.22. The smallest absolute Gasteiger partial charge is 0.407 e. The van der Waals surface area contributed by atoms with Crippen LogP contribution in [0.5, 0.6) is 0 Å². The maximum absolute atomic E-state index is 13.3. The molecule has 0 bridgehead atoms. The summed E-state index contributed by atoms with van der Waals surface area (Å²) in [7, 11) is 0. The van der Waals surface area contributed by atoms with E-state index in [-0.39, 0.29) is 34.2 Å². The largest absolute Gasteiger partial charge is 0.477 e. The Bertz CT molecular complexity index is 1560. The lowest BCUT2D eigenvalue weighted by atomic mass is 10.0. The van der Waals surface area contributed by atoms with E-state index in [1.807, 2.05) is 0 Å². The summed E-state index contributed by atoms with van der Waals surface area (Å²) < 4.78 is 10.9. The first-order valence-electron chi connectivity index (χ1n) is 14.8. The number of aryl methyl sites for hydroxylation is 1. The third kappa shape index (κ3) is 8.49. The van der Waals surface area contributed by atoms with E-state index in [0.717, 1.165) is 37.2 Å². The number of ether oxygens (including phenoxy) is 1. The molecule has 3 aliphatic rings. The number of amides is 3. The highest BCUT2D eigenvalue weighted by molar-refractivity contribution is 8.01. The van der Waals surface area contributed by atoms with E-state index in [0.29, 0.717) is 36.0 Å². The lowest BCUT2D eigenvalue weighted by molar-refractivity contribution is -0.150. The van der Waals surface area contributed by atoms with Gasteiger partial charge in [-0.15, -0.1) is 16.9 Å². The molecule has 1 saturated carbocycles. The molecule has 3 amide bonds. The van der Waals surface area contributed by atoms with Gasteiger partial charge in [-0.05, 0) is 68.9 Å². The second kappa shape index (κ2) is 14.8. The number of β-lactam (4-membered cyclic amide) rings is 1. The first-order valence-corrected chi connectivity index (χ1v) is 17.6. The van der Waals surface area contributed by atoms with Crippen molar-refractivity contribution in [3.8, 4) is 0 Å². The van der Waals surface area contributed by atoms with Gasteiger partial charge in [-0.25, -0.2) is 14.3 Å². The van der Waals surface area contributed by atoms with E-state index in [9.17, 15) is 24.3 Å². The highest BCUT2D eigenvalue weighted by Crippen LogP contribution is 2.41. The summed E-state index contributed by atoms with van der Waals surface area (Å²) in [4.78, 5) is 61.6. The Labute approximate surface area is 281 Å². The Morgan fingerprint density at radius 3 is 2.68 bits per heavy atom. The van der Waals surface area contributed by atoms with Crippen molar-refractivity contribution in [2.45, 2.75) is 87.7 Å². The van der Waals surface area contributed by atoms with Crippen molar-refractivity contribution in [3.63, 3.8) is 0 Å². The highest BCUT2D eigenvalue weighted by atomic mass is 32.2. The number of thioether (sulfide) groups is 2. The van der Waals surface area contributed by atoms with Gasteiger partial charge in [0.2, 0.25) is 16.7 Å². The van der Waals surface area contributed by atoms with Crippen LogP contribution in [0.1, 0.15) is 58.7 Å². The number of carbonyl (C=O) groups is 4. The van der Waals surface area contributed by atoms with Crippen LogP contribution in [0.3, 0.4) is 0 Å². The molecule has 5 rings (SSSR count). The van der Waals surface area contributed by atoms with Gasteiger partial charge < -0.3 is 31.0 Å². The molecule has 5 N–H and O–H groups in total. The standard InChI is InChI=1S/C26H35N11O7S3/c1-26(2,3)43-25(42)28-9-6-10-36-24(31-34-35-36)46-12-13-11-45-21-16(20(39)37(21)17(13)22(40)41)29-19(38)15(18-30-23(27)47-33-18)32-44-14-7-4-5-8-14/h14,16,21H,4-12H2,1-3H3,(H,28,42)(H,29,38)(H,40,41)(H2,27,30,33)/b32-15-/t16?,21-/m1/s1. The molecule has 2 aromatic heterocycles. The lowest BCUT2D eigenvalue weighted by Crippen LogP contribution is -2.71. The maximum Gasteiger partial charge on any atom is 0.407 e. The number of aliphatic carboxylic acids is 1. The second-order valence-corrected chi connectivity index (χ2v) is 14.6. The Morgan fingerprint density at radius 2 is 2.00 bits per heavy atom. The molecule has 0 radical (unpaired) electrons. The fraction of sp³-hybridized carbons (Fsp3) is 0.615. The Kier molecular flexibility index (Phi) is 10.8. The van der Waals surface area contributed by atoms with Gasteiger partial charge >= 0.3 is 12.1 Å². The molecule has 18 nitrogen and oxygen atoms in total. The zero-order valence-electron chi connectivity index (χ0n) is 25.9. The van der Waals surface area contributed by atoms with Crippen molar-refractivity contribution < 1.29 is 33.9 Å². The van der Waals surface area contributed by atoms with Gasteiger partial charge in [0.15, 0.2) is 5.13 Å². The van der Waals surface area contributed by atoms with E-state index in [4.69, 9.17) is 15.3 Å². The molecule has 47 heavy (non-hydrogen) atoms. The normalized spacial score (nSPS) is 20.1. The van der Waals surface area contributed by atoms with Crippen LogP contribution in [0.25, 0.3) is 0 Å². The number of nitrogens with two attached hydrogens (primary N) is 1. The van der Waals surface area contributed by atoms with Crippen molar-refractivity contribution in [2.24, 2.45) is 5.16 Å². The van der Waals surface area contributed by atoms with Gasteiger partial charge in [0, 0.05) is 36.1 Å². The SMILES string of the molecule is CC(C)(C)OC(=O)NCCCn1nnnc1SCC1=C(C(=O)O)N2C(=O)C(NC(=O)/C(=N\OC3CCCC3)c3nsc(N)n3)[C@H]2SC1. The number of carbonyl (C=O) groups excluding carboxylic acids is 3. The molecule has 1 unspecified atom stereocenters. The molecule has 2 fully saturated rings. The minimum absolute atomic E-state index is 0.0185. The number of aromatic nitrogens is 6. The van der Waals surface area contributed by atoms with Crippen molar-refractivity contribution in [2.75, 3.05) is 23.8 Å². The Morgan fingerprint density at radius 1 is 1.23 bits per heavy atom. The summed E-state index contributed by atoms with van der Waals surface area (Å²) in [5.74, 6) is -2.06. The summed E-state index contributed by atoms with van der Waals surface area (Å²) >= 11 is 3.46. The minimum Gasteiger partial charge on any atom is -0.477 e. The van der Waals surface area contributed by atoms with Crippen molar-refractivity contribution >= 4 is 69.8 Å². The lowest BCUT2D eigenvalue weighted by Gasteiger charge is -2.49. The molecular weight excluding hydrogens is 675 g/mol. The van der Waals surface area contributed by atoms with Crippen LogP contribution in [0.2, 0.25) is 0 Å². The third-order valence-corrected chi connectivity index (χ3v) is 10.0. The zero-order chi connectivity index (χ0) is 33.7. The number of nitrogens with zero attached hydrogens (tertiary/aromatic N) is 8. The number of oxime groups is 1. The Balaban J connectivity index is 1.19. The van der Waals surface area contributed by atoms with Crippen LogP contribution in [-0.4, -0.2) is 110 Å². The number of carboxylic acids is 1. The molecule has 1 aliphatic carbocycles. The van der Waals surface area contributed by atoms with E-state index >= 15 is 0 Å². The van der Waals surface area contributed by atoms with Gasteiger partial charge in [0.05, 0.1) is 0 Å². The highest BCUT2D eigenvalue weighted by Gasteiger charge is 2.54. The number of anilines is 1. The van der Waals surface area contributed by atoms with Gasteiger partial charge in [-0.1, -0.05) is 16.9 Å². The van der Waals surface area contributed by atoms with E-state index < -0.39 is 40.9 Å². The van der Waals surface area contributed by atoms with E-state index in [1.165, 1.54) is 28.4 Å². The fourth-order valence-electron chi connectivity index (χ4n) is 4.97. The van der Waals surface area contributed by atoms with Crippen LogP contribution in [0.15, 0.2) is 21.6 Å². The molecule has 2 aliphatic heterocycles. The summed E-state index contributed by atoms with van der Waals surface area (Å²) in [6.07, 6.45) is 3.51. The number of nitrogen functional groups attached to an aromatic ring is 1. The summed E-state index contributed by atoms with van der Waals surface area (Å²) in [6, 6.07) is -0.995. The molecule has 2 atom stereocenters. The molecule has 0 aromatic carbocycles. The van der Waals surface area contributed by atoms with Crippen molar-refractivity contribution in [1.29, 1.82) is 0 Å². The first kappa shape index (κ1) is 34.4. The maximum atomic E-state index is 13.3. The topological polar surface area (TPSA) is 242 Å². The summed E-state index contributed by atoms with van der Waals surface area (Å²) in [5, 5.41) is 31.2. The number of tetrazole rings is 1. The summed E-state index contributed by atoms with van der Waals surface area (Å²) in [6.45, 7) is 6.08. The zero-order valence-corrected chi connectivity index (χ0v) is 28.3. The van der Waals surface area contributed by atoms with Gasteiger partial charge in [-0.2, -0.15) is 9.36 Å². The van der Waals surface area contributed by atoms with Gasteiger partial charge in [0.1, 0.15) is 28.8 Å². The second-order valence-electron chi connectivity index (χ2n) is 11.8. The van der Waals surface area contributed by atoms with Gasteiger partial charge in [-0.3, -0.25) is 14.5 Å². The molecule has 0 spiro atoms. The number of hydrogen-bond acceptors (Lipinski definition) is 16. The Hall–Kier alpha value is -3.98. The predicted molar refractivity (Wildman–Crippen MR) is 171 cm³/mol. The fourth-order valence-corrected chi connectivity index (χ4v) is 7.79. The van der Waals surface area contributed by atoms with Crippen LogP contribution in [-0.2, 0) is 30.5 Å². The van der Waals surface area contributed by atoms with E-state index in [2.05, 4.69) is 40.7 Å². The minimum atomic E-state index is -1.26. The van der Waals surface area contributed by atoms with Crippen LogP contribution in [0.4, 0.5) is 9.93 Å². The number of hydrogen-bond donors (Lipinski definition) is 4. The van der Waals surface area contributed by atoms with Crippen molar-refractivity contribution in [3.05, 3.63) is 17.1 Å². The van der Waals surface area contributed by atoms with Crippen LogP contribution >= 0.6 is 35.1 Å². The van der Waals surface area contributed by atoms with Crippen LogP contribution in [0, 0.1) is 0 Å². The molecule has 21 heteroatoms. The average Bonchev–Trinajstić information content (AvgIpc) is 3.79.